The van der Waals surface area contributed by atoms with Crippen molar-refractivity contribution in [1.82, 2.24) is 14.7 Å². The van der Waals surface area contributed by atoms with Crippen LogP contribution in [0.3, 0.4) is 0 Å². The fraction of sp³-hybridized carbons (Fsp3) is 0.500. The van der Waals surface area contributed by atoms with Gasteiger partial charge in [0.1, 0.15) is 5.82 Å². The molecule has 0 aliphatic carbocycles. The molecule has 1 saturated heterocycles. The number of imidazole rings is 1. The van der Waals surface area contributed by atoms with E-state index < -0.39 is 0 Å². The molecule has 0 aromatic carbocycles. The summed E-state index contributed by atoms with van der Waals surface area (Å²) in [6.07, 6.45) is 5.66. The second kappa shape index (κ2) is 4.98. The van der Waals surface area contributed by atoms with Gasteiger partial charge in [-0.25, -0.2) is 4.98 Å². The van der Waals surface area contributed by atoms with Crippen LogP contribution >= 0.6 is 0 Å². The van der Waals surface area contributed by atoms with Crippen LogP contribution in [0.4, 0.5) is 0 Å². The molecule has 4 nitrogen and oxygen atoms in total. The van der Waals surface area contributed by atoms with Crippen molar-refractivity contribution in [3.63, 3.8) is 0 Å². The summed E-state index contributed by atoms with van der Waals surface area (Å²) in [5, 5.41) is 3.49. The summed E-state index contributed by atoms with van der Waals surface area (Å²) in [6, 6.07) is 6.07. The summed E-state index contributed by atoms with van der Waals surface area (Å²) < 4.78 is 7.59. The predicted molar refractivity (Wildman–Crippen MR) is 71.2 cm³/mol. The van der Waals surface area contributed by atoms with Gasteiger partial charge in [-0.2, -0.15) is 0 Å². The molecule has 1 atom stereocenters. The average Bonchev–Trinajstić information content (AvgIpc) is 2.66. The standard InChI is InChI=1S/C14H19N3O/c1-18-13-7-4-6-12-10-16-14(17(12)13)11-5-2-3-8-15-9-11/h4,6-7,10-11,15H,2-3,5,8-9H2,1H3. The number of fused-ring (bicyclic) bond motifs is 1. The lowest BCUT2D eigenvalue weighted by atomic mass is 10.0. The Kier molecular flexibility index (Phi) is 3.19. The normalized spacial score (nSPS) is 20.8. The van der Waals surface area contributed by atoms with Gasteiger partial charge in [0.15, 0.2) is 5.88 Å². The largest absolute Gasteiger partial charge is 0.482 e. The Balaban J connectivity index is 2.05. The van der Waals surface area contributed by atoms with Gasteiger partial charge in [-0.05, 0) is 31.5 Å². The quantitative estimate of drug-likeness (QED) is 0.881. The second-order valence-electron chi connectivity index (χ2n) is 4.84. The highest BCUT2D eigenvalue weighted by molar-refractivity contribution is 5.49. The number of nitrogens with one attached hydrogen (secondary N) is 1. The first kappa shape index (κ1) is 11.5. The van der Waals surface area contributed by atoms with Gasteiger partial charge in [-0.15, -0.1) is 0 Å². The number of rotatable bonds is 2. The highest BCUT2D eigenvalue weighted by Crippen LogP contribution is 2.26. The summed E-state index contributed by atoms with van der Waals surface area (Å²) >= 11 is 0. The minimum absolute atomic E-state index is 0.478. The van der Waals surface area contributed by atoms with Gasteiger partial charge in [0.25, 0.3) is 0 Å². The van der Waals surface area contributed by atoms with Crippen molar-refractivity contribution in [3.8, 4) is 5.88 Å². The van der Waals surface area contributed by atoms with Crippen LogP contribution in [0, 0.1) is 0 Å². The minimum atomic E-state index is 0.478. The maximum atomic E-state index is 5.45. The van der Waals surface area contributed by atoms with Crippen LogP contribution in [0.25, 0.3) is 5.52 Å². The number of hydrogen-bond donors (Lipinski definition) is 1. The number of ether oxygens (including phenoxy) is 1. The number of nitrogens with zero attached hydrogens (tertiary/aromatic N) is 2. The molecule has 3 rings (SSSR count). The van der Waals surface area contributed by atoms with Crippen LogP contribution in [-0.2, 0) is 0 Å². The molecule has 3 heterocycles. The van der Waals surface area contributed by atoms with Gasteiger partial charge in [0.2, 0.25) is 0 Å². The SMILES string of the molecule is COc1cccc2cnc(C3CCCCNC3)n12. The van der Waals surface area contributed by atoms with Crippen LogP contribution in [0.2, 0.25) is 0 Å². The van der Waals surface area contributed by atoms with Crippen LogP contribution in [0.1, 0.15) is 31.0 Å². The van der Waals surface area contributed by atoms with Gasteiger partial charge in [0, 0.05) is 12.5 Å². The molecule has 18 heavy (non-hydrogen) atoms. The van der Waals surface area contributed by atoms with Crippen molar-refractivity contribution in [3.05, 3.63) is 30.2 Å². The summed E-state index contributed by atoms with van der Waals surface area (Å²) in [5.74, 6) is 2.47. The Morgan fingerprint density at radius 3 is 3.22 bits per heavy atom. The summed E-state index contributed by atoms with van der Waals surface area (Å²) in [4.78, 5) is 4.61. The van der Waals surface area contributed by atoms with E-state index in [-0.39, 0.29) is 0 Å². The van der Waals surface area contributed by atoms with Gasteiger partial charge in [-0.1, -0.05) is 12.5 Å². The fourth-order valence-electron chi connectivity index (χ4n) is 2.73. The molecule has 4 heteroatoms. The number of methoxy groups -OCH3 is 1. The highest BCUT2D eigenvalue weighted by Gasteiger charge is 2.20. The van der Waals surface area contributed by atoms with Crippen molar-refractivity contribution in [1.29, 1.82) is 0 Å². The van der Waals surface area contributed by atoms with Crippen molar-refractivity contribution in [2.75, 3.05) is 20.2 Å². The first-order valence-corrected chi connectivity index (χ1v) is 6.61. The lowest BCUT2D eigenvalue weighted by Gasteiger charge is -2.15. The van der Waals surface area contributed by atoms with Crippen molar-refractivity contribution in [2.24, 2.45) is 0 Å². The highest BCUT2D eigenvalue weighted by atomic mass is 16.5. The monoisotopic (exact) mass is 245 g/mol. The Morgan fingerprint density at radius 2 is 2.33 bits per heavy atom. The van der Waals surface area contributed by atoms with Crippen LogP contribution in [-0.4, -0.2) is 29.6 Å². The van der Waals surface area contributed by atoms with E-state index in [0.29, 0.717) is 5.92 Å². The smallest absolute Gasteiger partial charge is 0.199 e. The van der Waals surface area contributed by atoms with E-state index in [9.17, 15) is 0 Å². The fourth-order valence-corrected chi connectivity index (χ4v) is 2.73. The molecule has 0 spiro atoms. The molecule has 1 unspecified atom stereocenters. The topological polar surface area (TPSA) is 38.6 Å². The first-order valence-electron chi connectivity index (χ1n) is 6.61. The third-order valence-electron chi connectivity index (χ3n) is 3.66. The van der Waals surface area contributed by atoms with Gasteiger partial charge < -0.3 is 10.1 Å². The molecule has 0 amide bonds. The molecule has 0 bridgehead atoms. The Bertz CT molecular complexity index is 527. The number of aromatic nitrogens is 2. The molecule has 1 N–H and O–H groups in total. The zero-order valence-corrected chi connectivity index (χ0v) is 10.7. The average molecular weight is 245 g/mol. The van der Waals surface area contributed by atoms with E-state index >= 15 is 0 Å². The molecule has 0 saturated carbocycles. The molecule has 0 radical (unpaired) electrons. The maximum Gasteiger partial charge on any atom is 0.199 e. The van der Waals surface area contributed by atoms with E-state index in [1.165, 1.54) is 19.3 Å². The molecule has 96 valence electrons. The van der Waals surface area contributed by atoms with E-state index in [4.69, 9.17) is 4.74 Å². The van der Waals surface area contributed by atoms with Crippen molar-refractivity contribution >= 4 is 5.52 Å². The second-order valence-corrected chi connectivity index (χ2v) is 4.84. The van der Waals surface area contributed by atoms with Crippen LogP contribution in [0.5, 0.6) is 5.88 Å². The van der Waals surface area contributed by atoms with Gasteiger partial charge in [-0.3, -0.25) is 4.40 Å². The molecule has 2 aromatic heterocycles. The van der Waals surface area contributed by atoms with E-state index in [2.05, 4.69) is 20.8 Å². The third-order valence-corrected chi connectivity index (χ3v) is 3.66. The Morgan fingerprint density at radius 1 is 1.39 bits per heavy atom. The summed E-state index contributed by atoms with van der Waals surface area (Å²) in [5.41, 5.74) is 1.11. The summed E-state index contributed by atoms with van der Waals surface area (Å²) in [6.45, 7) is 2.13. The maximum absolute atomic E-state index is 5.45. The van der Waals surface area contributed by atoms with Crippen molar-refractivity contribution in [2.45, 2.75) is 25.2 Å². The van der Waals surface area contributed by atoms with Crippen molar-refractivity contribution < 1.29 is 4.74 Å². The van der Waals surface area contributed by atoms with Crippen LogP contribution in [0.15, 0.2) is 24.4 Å². The molecular weight excluding hydrogens is 226 g/mol. The molecular formula is C14H19N3O. The molecule has 2 aromatic rings. The zero-order chi connectivity index (χ0) is 12.4. The van der Waals surface area contributed by atoms with Crippen LogP contribution < -0.4 is 10.1 Å². The molecule has 1 aliphatic heterocycles. The predicted octanol–water partition coefficient (Wildman–Crippen LogP) is 2.20. The van der Waals surface area contributed by atoms with Gasteiger partial charge >= 0.3 is 0 Å². The summed E-state index contributed by atoms with van der Waals surface area (Å²) in [7, 11) is 1.71. The lowest BCUT2D eigenvalue weighted by molar-refractivity contribution is 0.387. The van der Waals surface area contributed by atoms with E-state index in [1.54, 1.807) is 7.11 Å². The van der Waals surface area contributed by atoms with Gasteiger partial charge in [0.05, 0.1) is 18.8 Å². The van der Waals surface area contributed by atoms with E-state index in [1.807, 2.05) is 18.3 Å². The molecule has 1 aliphatic rings. The number of hydrogen-bond acceptors (Lipinski definition) is 3. The lowest BCUT2D eigenvalue weighted by Crippen LogP contribution is -2.21. The first-order chi connectivity index (χ1) is 8.90. The zero-order valence-electron chi connectivity index (χ0n) is 10.7. The molecule has 1 fully saturated rings. The minimum Gasteiger partial charge on any atom is -0.482 e. The Hall–Kier alpha value is -1.55. The van der Waals surface area contributed by atoms with E-state index in [0.717, 1.165) is 30.3 Å². The Labute approximate surface area is 107 Å². The number of pyridine rings is 1. The third kappa shape index (κ3) is 1.97.